The molecule has 2 heteroatoms. The molecule has 0 spiro atoms. The lowest BCUT2D eigenvalue weighted by Gasteiger charge is -2.21. The topological polar surface area (TPSA) is 29.1 Å². The zero-order valence-corrected chi connectivity index (χ0v) is 7.11. The molecule has 0 rings (SSSR count). The van der Waals surface area contributed by atoms with Gasteiger partial charge in [0.1, 0.15) is 6.29 Å². The minimum atomic E-state index is 0.322. The Bertz CT molecular complexity index is 99.4. The number of carbonyl (C=O) groups is 1. The van der Waals surface area contributed by atoms with Gasteiger partial charge in [-0.05, 0) is 11.8 Å². The summed E-state index contributed by atoms with van der Waals surface area (Å²) in [5.41, 5.74) is 0.322. The lowest BCUT2D eigenvalue weighted by molar-refractivity contribution is -0.107. The molecule has 0 unspecified atom stereocenters. The van der Waals surface area contributed by atoms with Gasteiger partial charge in [0.05, 0.1) is 6.54 Å². The minimum Gasteiger partial charge on any atom is -0.310 e. The van der Waals surface area contributed by atoms with Crippen LogP contribution in [0.2, 0.25) is 0 Å². The third-order valence-electron chi connectivity index (χ3n) is 1.79. The van der Waals surface area contributed by atoms with Crippen LogP contribution in [0.15, 0.2) is 0 Å². The highest BCUT2D eigenvalue weighted by Gasteiger charge is 2.13. The SMILES string of the molecule is CCC(C)(C)CNCC=O. The van der Waals surface area contributed by atoms with E-state index in [1.54, 1.807) is 0 Å². The number of hydrogen-bond acceptors (Lipinski definition) is 2. The maximum atomic E-state index is 9.92. The van der Waals surface area contributed by atoms with Gasteiger partial charge in [0.15, 0.2) is 0 Å². The number of hydrogen-bond donors (Lipinski definition) is 1. The van der Waals surface area contributed by atoms with Crippen LogP contribution >= 0.6 is 0 Å². The fourth-order valence-electron chi connectivity index (χ4n) is 0.594. The second kappa shape index (κ2) is 4.45. The van der Waals surface area contributed by atoms with Gasteiger partial charge in [-0.1, -0.05) is 20.8 Å². The van der Waals surface area contributed by atoms with Crippen molar-refractivity contribution in [1.29, 1.82) is 0 Å². The largest absolute Gasteiger partial charge is 0.310 e. The first-order valence-corrected chi connectivity index (χ1v) is 3.77. The van der Waals surface area contributed by atoms with E-state index in [4.69, 9.17) is 0 Å². The molecule has 0 aromatic carbocycles. The summed E-state index contributed by atoms with van der Waals surface area (Å²) in [4.78, 5) is 9.92. The lowest BCUT2D eigenvalue weighted by Crippen LogP contribution is -2.29. The Hall–Kier alpha value is -0.370. The molecule has 0 heterocycles. The molecular weight excluding hydrogens is 126 g/mol. The second-order valence-electron chi connectivity index (χ2n) is 3.32. The highest BCUT2D eigenvalue weighted by atomic mass is 16.1. The number of carbonyl (C=O) groups excluding carboxylic acids is 1. The highest BCUT2D eigenvalue weighted by molar-refractivity contribution is 5.51. The molecule has 0 saturated carbocycles. The molecule has 0 bridgehead atoms. The molecule has 10 heavy (non-hydrogen) atoms. The van der Waals surface area contributed by atoms with Crippen LogP contribution in [0.4, 0.5) is 0 Å². The third-order valence-corrected chi connectivity index (χ3v) is 1.79. The molecule has 1 N–H and O–H groups in total. The quantitative estimate of drug-likeness (QED) is 0.463. The number of rotatable bonds is 5. The van der Waals surface area contributed by atoms with Crippen molar-refractivity contribution in [2.24, 2.45) is 5.41 Å². The van der Waals surface area contributed by atoms with Crippen molar-refractivity contribution < 1.29 is 4.79 Å². The minimum absolute atomic E-state index is 0.322. The van der Waals surface area contributed by atoms with Gasteiger partial charge >= 0.3 is 0 Å². The Balaban J connectivity index is 3.36. The van der Waals surface area contributed by atoms with E-state index in [2.05, 4.69) is 26.1 Å². The molecule has 0 amide bonds. The van der Waals surface area contributed by atoms with E-state index in [0.29, 0.717) is 12.0 Å². The predicted octanol–water partition coefficient (Wildman–Crippen LogP) is 1.21. The molecule has 0 saturated heterocycles. The van der Waals surface area contributed by atoms with Crippen molar-refractivity contribution in [2.75, 3.05) is 13.1 Å². The monoisotopic (exact) mass is 143 g/mol. The zero-order chi connectivity index (χ0) is 8.04. The van der Waals surface area contributed by atoms with Crippen LogP contribution in [0.1, 0.15) is 27.2 Å². The average Bonchev–Trinajstić information content (AvgIpc) is 1.89. The van der Waals surface area contributed by atoms with Gasteiger partial charge in [-0.3, -0.25) is 0 Å². The molecule has 60 valence electrons. The maximum Gasteiger partial charge on any atom is 0.133 e. The molecule has 0 aliphatic rings. The zero-order valence-electron chi connectivity index (χ0n) is 7.11. The standard InChI is InChI=1S/C8H17NO/c1-4-8(2,3)7-9-5-6-10/h6,9H,4-5,7H2,1-3H3. The summed E-state index contributed by atoms with van der Waals surface area (Å²) < 4.78 is 0. The Kier molecular flexibility index (Phi) is 4.28. The first-order valence-electron chi connectivity index (χ1n) is 3.77. The Morgan fingerprint density at radius 3 is 2.50 bits per heavy atom. The van der Waals surface area contributed by atoms with Gasteiger partial charge in [0.25, 0.3) is 0 Å². The highest BCUT2D eigenvalue weighted by Crippen LogP contribution is 2.17. The van der Waals surface area contributed by atoms with Crippen LogP contribution < -0.4 is 5.32 Å². The fraction of sp³-hybridized carbons (Fsp3) is 0.875. The normalized spacial score (nSPS) is 11.5. The van der Waals surface area contributed by atoms with Gasteiger partial charge < -0.3 is 10.1 Å². The van der Waals surface area contributed by atoms with Gasteiger partial charge in [-0.25, -0.2) is 0 Å². The average molecular weight is 143 g/mol. The van der Waals surface area contributed by atoms with Crippen LogP contribution in [0.5, 0.6) is 0 Å². The lowest BCUT2D eigenvalue weighted by atomic mass is 9.90. The van der Waals surface area contributed by atoms with Gasteiger partial charge in [-0.2, -0.15) is 0 Å². The molecule has 0 aliphatic carbocycles. The van der Waals surface area contributed by atoms with Crippen LogP contribution in [0.25, 0.3) is 0 Å². The van der Waals surface area contributed by atoms with Crippen molar-refractivity contribution >= 4 is 6.29 Å². The van der Waals surface area contributed by atoms with Crippen LogP contribution in [0, 0.1) is 5.41 Å². The Labute approximate surface area is 63.0 Å². The maximum absolute atomic E-state index is 9.92. The Morgan fingerprint density at radius 2 is 2.10 bits per heavy atom. The van der Waals surface area contributed by atoms with Gasteiger partial charge in [0.2, 0.25) is 0 Å². The van der Waals surface area contributed by atoms with E-state index in [9.17, 15) is 4.79 Å². The molecule has 2 nitrogen and oxygen atoms in total. The van der Waals surface area contributed by atoms with E-state index in [-0.39, 0.29) is 0 Å². The van der Waals surface area contributed by atoms with Crippen LogP contribution in [0.3, 0.4) is 0 Å². The molecule has 0 fully saturated rings. The summed E-state index contributed by atoms with van der Waals surface area (Å²) in [6, 6.07) is 0. The molecule has 0 aromatic heterocycles. The molecule has 0 aliphatic heterocycles. The van der Waals surface area contributed by atoms with Crippen molar-refractivity contribution in [3.63, 3.8) is 0 Å². The van der Waals surface area contributed by atoms with E-state index in [1.807, 2.05) is 0 Å². The summed E-state index contributed by atoms with van der Waals surface area (Å²) in [7, 11) is 0. The van der Waals surface area contributed by atoms with Crippen molar-refractivity contribution in [3.8, 4) is 0 Å². The van der Waals surface area contributed by atoms with E-state index in [1.165, 1.54) is 0 Å². The second-order valence-corrected chi connectivity index (χ2v) is 3.32. The fourth-order valence-corrected chi connectivity index (χ4v) is 0.594. The summed E-state index contributed by atoms with van der Waals surface area (Å²) in [6.07, 6.45) is 2.03. The summed E-state index contributed by atoms with van der Waals surface area (Å²) in [6.45, 7) is 7.92. The van der Waals surface area contributed by atoms with E-state index in [0.717, 1.165) is 19.3 Å². The smallest absolute Gasteiger partial charge is 0.133 e. The first-order chi connectivity index (χ1) is 4.62. The van der Waals surface area contributed by atoms with Crippen LogP contribution in [-0.4, -0.2) is 19.4 Å². The summed E-state index contributed by atoms with van der Waals surface area (Å²) in [5.74, 6) is 0. The Morgan fingerprint density at radius 1 is 1.50 bits per heavy atom. The number of aldehydes is 1. The van der Waals surface area contributed by atoms with Gasteiger partial charge in [-0.15, -0.1) is 0 Å². The van der Waals surface area contributed by atoms with Crippen LogP contribution in [-0.2, 0) is 4.79 Å². The molecule has 0 radical (unpaired) electrons. The van der Waals surface area contributed by atoms with Crippen molar-refractivity contribution in [1.82, 2.24) is 5.32 Å². The third kappa shape index (κ3) is 4.50. The molecule has 0 aromatic rings. The molecular formula is C8H17NO. The summed E-state index contributed by atoms with van der Waals surface area (Å²) >= 11 is 0. The number of nitrogens with one attached hydrogen (secondary N) is 1. The van der Waals surface area contributed by atoms with Crippen molar-refractivity contribution in [3.05, 3.63) is 0 Å². The van der Waals surface area contributed by atoms with Gasteiger partial charge in [0, 0.05) is 6.54 Å². The predicted molar refractivity (Wildman–Crippen MR) is 43.0 cm³/mol. The van der Waals surface area contributed by atoms with E-state index < -0.39 is 0 Å². The van der Waals surface area contributed by atoms with Crippen molar-refractivity contribution in [2.45, 2.75) is 27.2 Å². The first kappa shape index (κ1) is 9.63. The molecule has 0 atom stereocenters. The summed E-state index contributed by atoms with van der Waals surface area (Å²) in [5, 5.41) is 3.06. The van der Waals surface area contributed by atoms with E-state index >= 15 is 0 Å².